The second-order valence-corrected chi connectivity index (χ2v) is 5.21. The zero-order valence-corrected chi connectivity index (χ0v) is 10.7. The van der Waals surface area contributed by atoms with E-state index in [1.807, 2.05) is 4.90 Å². The molecule has 2 fully saturated rings. The molecular formula is C12H21F3N2O. The first-order valence-corrected chi connectivity index (χ1v) is 6.56. The molecule has 1 aliphatic carbocycles. The van der Waals surface area contributed by atoms with Crippen LogP contribution in [0.25, 0.3) is 0 Å². The molecule has 1 saturated carbocycles. The van der Waals surface area contributed by atoms with E-state index in [0.717, 1.165) is 19.3 Å². The second kappa shape index (κ2) is 5.75. The van der Waals surface area contributed by atoms with Gasteiger partial charge in [-0.05, 0) is 19.3 Å². The minimum atomic E-state index is -4.11. The van der Waals surface area contributed by atoms with Crippen molar-refractivity contribution in [1.82, 2.24) is 10.2 Å². The number of hydrogen-bond acceptors (Lipinski definition) is 3. The summed E-state index contributed by atoms with van der Waals surface area (Å²) >= 11 is 0. The number of nitrogens with zero attached hydrogens (tertiary/aromatic N) is 1. The van der Waals surface area contributed by atoms with Gasteiger partial charge in [0, 0.05) is 39.3 Å². The Hall–Kier alpha value is -0.330. The number of rotatable bonds is 2. The highest BCUT2D eigenvalue weighted by molar-refractivity contribution is 4.90. The van der Waals surface area contributed by atoms with Crippen LogP contribution in [0.15, 0.2) is 0 Å². The van der Waals surface area contributed by atoms with Gasteiger partial charge < -0.3 is 10.1 Å². The monoisotopic (exact) mass is 266 g/mol. The smallest absolute Gasteiger partial charge is 0.380 e. The van der Waals surface area contributed by atoms with Gasteiger partial charge in [0.1, 0.15) is 0 Å². The van der Waals surface area contributed by atoms with Gasteiger partial charge in [0.25, 0.3) is 0 Å². The predicted molar refractivity (Wildman–Crippen MR) is 62.4 cm³/mol. The molecule has 106 valence electrons. The van der Waals surface area contributed by atoms with Gasteiger partial charge in [-0.1, -0.05) is 0 Å². The Morgan fingerprint density at radius 2 is 2.06 bits per heavy atom. The third kappa shape index (κ3) is 3.16. The predicted octanol–water partition coefficient (Wildman–Crippen LogP) is 1.64. The maximum Gasteiger partial charge on any atom is 0.394 e. The number of alkyl halides is 3. The minimum absolute atomic E-state index is 0.0321. The Morgan fingerprint density at radius 1 is 1.28 bits per heavy atom. The van der Waals surface area contributed by atoms with Crippen molar-refractivity contribution in [2.75, 3.05) is 33.3 Å². The summed E-state index contributed by atoms with van der Waals surface area (Å²) in [5, 5.41) is 2.89. The number of methoxy groups -OCH3 is 1. The van der Waals surface area contributed by atoms with Gasteiger partial charge in [0.05, 0.1) is 12.0 Å². The summed E-state index contributed by atoms with van der Waals surface area (Å²) in [5.74, 6) is -1.27. The van der Waals surface area contributed by atoms with Gasteiger partial charge in [-0.2, -0.15) is 13.2 Å². The van der Waals surface area contributed by atoms with Gasteiger partial charge >= 0.3 is 6.18 Å². The molecule has 0 aromatic heterocycles. The largest absolute Gasteiger partial charge is 0.394 e. The minimum Gasteiger partial charge on any atom is -0.380 e. The molecule has 1 N–H and O–H groups in total. The zero-order chi connectivity index (χ0) is 13.2. The average Bonchev–Trinajstić information content (AvgIpc) is 2.63. The lowest BCUT2D eigenvalue weighted by Gasteiger charge is -2.33. The molecule has 18 heavy (non-hydrogen) atoms. The molecule has 0 amide bonds. The van der Waals surface area contributed by atoms with E-state index in [1.165, 1.54) is 0 Å². The van der Waals surface area contributed by atoms with Gasteiger partial charge in [0.15, 0.2) is 0 Å². The van der Waals surface area contributed by atoms with E-state index in [4.69, 9.17) is 4.74 Å². The van der Waals surface area contributed by atoms with Crippen molar-refractivity contribution in [3.05, 3.63) is 0 Å². The van der Waals surface area contributed by atoms with Gasteiger partial charge in [-0.3, -0.25) is 4.90 Å². The zero-order valence-electron chi connectivity index (χ0n) is 10.7. The number of ether oxygens (including phenoxy) is 1. The fourth-order valence-electron chi connectivity index (χ4n) is 3.06. The highest BCUT2D eigenvalue weighted by Crippen LogP contribution is 2.31. The summed E-state index contributed by atoms with van der Waals surface area (Å²) in [6.07, 6.45) is -1.07. The summed E-state index contributed by atoms with van der Waals surface area (Å²) in [5.41, 5.74) is 0. The summed E-state index contributed by atoms with van der Waals surface area (Å²) < 4.78 is 44.0. The van der Waals surface area contributed by atoms with E-state index < -0.39 is 12.1 Å². The van der Waals surface area contributed by atoms with E-state index in [2.05, 4.69) is 5.32 Å². The van der Waals surface area contributed by atoms with Crippen LogP contribution in [0.2, 0.25) is 0 Å². The molecule has 0 spiro atoms. The molecule has 0 aromatic carbocycles. The first kappa shape index (κ1) is 14.1. The van der Waals surface area contributed by atoms with Gasteiger partial charge in [0.2, 0.25) is 0 Å². The average molecular weight is 266 g/mol. The molecule has 6 heteroatoms. The highest BCUT2D eigenvalue weighted by atomic mass is 19.4. The van der Waals surface area contributed by atoms with Crippen molar-refractivity contribution >= 4 is 0 Å². The van der Waals surface area contributed by atoms with Crippen molar-refractivity contribution in [1.29, 1.82) is 0 Å². The first-order valence-electron chi connectivity index (χ1n) is 6.56. The Balaban J connectivity index is 2.02. The van der Waals surface area contributed by atoms with Crippen LogP contribution in [-0.2, 0) is 4.74 Å². The van der Waals surface area contributed by atoms with Crippen LogP contribution < -0.4 is 5.32 Å². The lowest BCUT2D eigenvalue weighted by atomic mass is 10.1. The van der Waals surface area contributed by atoms with Crippen molar-refractivity contribution < 1.29 is 17.9 Å². The standard InChI is InChI=1S/C12H21F3N2O/c1-18-11-4-2-3-10(11)17-6-5-16-7-9(8-17)12(13,14)15/h9-11,16H,2-8H2,1H3. The Morgan fingerprint density at radius 3 is 2.72 bits per heavy atom. The first-order chi connectivity index (χ1) is 8.52. The molecule has 0 bridgehead atoms. The van der Waals surface area contributed by atoms with E-state index >= 15 is 0 Å². The molecule has 0 aromatic rings. The highest BCUT2D eigenvalue weighted by Gasteiger charge is 2.43. The van der Waals surface area contributed by atoms with Crippen molar-refractivity contribution in [2.45, 2.75) is 37.6 Å². The fourth-order valence-corrected chi connectivity index (χ4v) is 3.06. The third-order valence-electron chi connectivity index (χ3n) is 4.07. The van der Waals surface area contributed by atoms with Gasteiger partial charge in [-0.25, -0.2) is 0 Å². The summed E-state index contributed by atoms with van der Waals surface area (Å²) in [4.78, 5) is 1.97. The maximum absolute atomic E-state index is 12.9. The van der Waals surface area contributed by atoms with Crippen LogP contribution in [0, 0.1) is 5.92 Å². The Kier molecular flexibility index (Phi) is 4.50. The Labute approximate surface area is 106 Å². The van der Waals surface area contributed by atoms with Crippen molar-refractivity contribution in [3.63, 3.8) is 0 Å². The molecule has 1 saturated heterocycles. The van der Waals surface area contributed by atoms with Crippen molar-refractivity contribution in [3.8, 4) is 0 Å². The van der Waals surface area contributed by atoms with E-state index in [1.54, 1.807) is 7.11 Å². The molecule has 3 nitrogen and oxygen atoms in total. The van der Waals surface area contributed by atoms with E-state index in [0.29, 0.717) is 13.1 Å². The normalized spacial score (nSPS) is 35.7. The molecule has 3 atom stereocenters. The van der Waals surface area contributed by atoms with Crippen LogP contribution in [0.1, 0.15) is 19.3 Å². The summed E-state index contributed by atoms with van der Waals surface area (Å²) in [6.45, 7) is 1.43. The van der Waals surface area contributed by atoms with E-state index in [9.17, 15) is 13.2 Å². The molecule has 1 aliphatic heterocycles. The molecule has 2 rings (SSSR count). The van der Waals surface area contributed by atoms with Crippen LogP contribution in [0.3, 0.4) is 0 Å². The topological polar surface area (TPSA) is 24.5 Å². The Bertz CT molecular complexity index is 273. The lowest BCUT2D eigenvalue weighted by Crippen LogP contribution is -2.46. The van der Waals surface area contributed by atoms with Crippen LogP contribution in [-0.4, -0.2) is 56.5 Å². The van der Waals surface area contributed by atoms with Crippen LogP contribution >= 0.6 is 0 Å². The lowest BCUT2D eigenvalue weighted by molar-refractivity contribution is -0.177. The molecule has 3 unspecified atom stereocenters. The number of hydrogen-bond donors (Lipinski definition) is 1. The van der Waals surface area contributed by atoms with Crippen LogP contribution in [0.5, 0.6) is 0 Å². The molecule has 2 aliphatic rings. The fraction of sp³-hybridized carbons (Fsp3) is 1.00. The number of nitrogens with one attached hydrogen (secondary N) is 1. The van der Waals surface area contributed by atoms with Crippen molar-refractivity contribution in [2.24, 2.45) is 5.92 Å². The molecule has 1 heterocycles. The third-order valence-corrected chi connectivity index (χ3v) is 4.07. The number of halogens is 3. The molecule has 0 radical (unpaired) electrons. The summed E-state index contributed by atoms with van der Waals surface area (Å²) in [7, 11) is 1.65. The SMILES string of the molecule is COC1CCCC1N1CCNCC(C(F)(F)F)C1. The van der Waals surface area contributed by atoms with E-state index in [-0.39, 0.29) is 25.2 Å². The maximum atomic E-state index is 12.9. The van der Waals surface area contributed by atoms with Crippen LogP contribution in [0.4, 0.5) is 13.2 Å². The van der Waals surface area contributed by atoms with Gasteiger partial charge in [-0.15, -0.1) is 0 Å². The molecular weight excluding hydrogens is 245 g/mol. The summed E-state index contributed by atoms with van der Waals surface area (Å²) in [6, 6.07) is 0.153. The quantitative estimate of drug-likeness (QED) is 0.822. The second-order valence-electron chi connectivity index (χ2n) is 5.21.